The monoisotopic (exact) mass is 594 g/mol. The summed E-state index contributed by atoms with van der Waals surface area (Å²) in [7, 11) is 2.79. The molecule has 0 unspecified atom stereocenters. The van der Waals surface area contributed by atoms with Gasteiger partial charge in [0.05, 0.1) is 14.2 Å². The Kier molecular flexibility index (Phi) is 8.95. The van der Waals surface area contributed by atoms with Crippen LogP contribution in [0.25, 0.3) is 0 Å². The van der Waals surface area contributed by atoms with E-state index in [0.29, 0.717) is 37.5 Å². The van der Waals surface area contributed by atoms with E-state index in [1.165, 1.54) is 25.3 Å². The van der Waals surface area contributed by atoms with Crippen LogP contribution >= 0.6 is 31.9 Å². The Morgan fingerprint density at radius 2 is 1.06 bits per heavy atom. The Morgan fingerprint density at radius 1 is 0.735 bits per heavy atom. The summed E-state index contributed by atoms with van der Waals surface area (Å²) in [6.07, 6.45) is 4.60. The van der Waals surface area contributed by atoms with Gasteiger partial charge in [-0.25, -0.2) is 0 Å². The van der Waals surface area contributed by atoms with Crippen molar-refractivity contribution in [1.29, 1.82) is 0 Å². The number of nitrogens with two attached hydrogens (primary N) is 2. The molecule has 4 N–H and O–H groups in total. The van der Waals surface area contributed by atoms with E-state index in [-0.39, 0.29) is 11.9 Å². The molecule has 2 aliphatic rings. The quantitative estimate of drug-likeness (QED) is 0.472. The standard InChI is InChI=1S/2C13H16BrNO2/c2*1-17-12(16)13(15)7-6-10(8-13)9-2-4-11(14)5-3-9/h2*2-5,10H,6-8,15H2,1H3/t10-,13+;10-,13-/m11/s1. The number of hydrogen-bond donors (Lipinski definition) is 2. The van der Waals surface area contributed by atoms with Gasteiger partial charge in [-0.2, -0.15) is 0 Å². The zero-order valence-electron chi connectivity index (χ0n) is 19.6. The molecule has 0 spiro atoms. The van der Waals surface area contributed by atoms with Crippen molar-refractivity contribution in [3.63, 3.8) is 0 Å². The zero-order chi connectivity index (χ0) is 24.9. The Balaban J connectivity index is 0.000000191. The van der Waals surface area contributed by atoms with Crippen LogP contribution in [-0.4, -0.2) is 37.2 Å². The molecular weight excluding hydrogens is 564 g/mol. The maximum absolute atomic E-state index is 11.6. The first-order valence-corrected chi connectivity index (χ1v) is 12.9. The Morgan fingerprint density at radius 3 is 1.35 bits per heavy atom. The van der Waals surface area contributed by atoms with Crippen LogP contribution in [0.2, 0.25) is 0 Å². The lowest BCUT2D eigenvalue weighted by molar-refractivity contribution is -0.147. The van der Waals surface area contributed by atoms with Gasteiger partial charge in [-0.15, -0.1) is 0 Å². The third-order valence-electron chi connectivity index (χ3n) is 6.97. The molecule has 0 aromatic heterocycles. The number of esters is 2. The summed E-state index contributed by atoms with van der Waals surface area (Å²) < 4.78 is 11.7. The highest BCUT2D eigenvalue weighted by atomic mass is 79.9. The lowest BCUT2D eigenvalue weighted by Crippen LogP contribution is -2.46. The molecule has 184 valence electrons. The van der Waals surface area contributed by atoms with E-state index in [1.54, 1.807) is 0 Å². The van der Waals surface area contributed by atoms with E-state index in [1.807, 2.05) is 24.3 Å². The Bertz CT molecular complexity index is 917. The minimum absolute atomic E-state index is 0.294. The van der Waals surface area contributed by atoms with Crippen LogP contribution in [0.4, 0.5) is 0 Å². The fourth-order valence-corrected chi connectivity index (χ4v) is 5.50. The van der Waals surface area contributed by atoms with Crippen molar-refractivity contribution in [3.05, 3.63) is 68.6 Å². The number of rotatable bonds is 4. The average Bonchev–Trinajstić information content (AvgIpc) is 3.44. The smallest absolute Gasteiger partial charge is 0.325 e. The predicted molar refractivity (Wildman–Crippen MR) is 139 cm³/mol. The van der Waals surface area contributed by atoms with Gasteiger partial charge < -0.3 is 20.9 Å². The van der Waals surface area contributed by atoms with Gasteiger partial charge in [0.25, 0.3) is 0 Å². The molecule has 0 aliphatic heterocycles. The largest absolute Gasteiger partial charge is 0.468 e. The summed E-state index contributed by atoms with van der Waals surface area (Å²) in [5, 5.41) is 0. The van der Waals surface area contributed by atoms with E-state index >= 15 is 0 Å². The highest BCUT2D eigenvalue weighted by Crippen LogP contribution is 2.41. The summed E-state index contributed by atoms with van der Waals surface area (Å²) in [6, 6.07) is 16.4. The van der Waals surface area contributed by atoms with Crippen LogP contribution in [-0.2, 0) is 19.1 Å². The van der Waals surface area contributed by atoms with E-state index < -0.39 is 11.1 Å². The summed E-state index contributed by atoms with van der Waals surface area (Å²) in [4.78, 5) is 23.2. The van der Waals surface area contributed by atoms with E-state index in [4.69, 9.17) is 20.9 Å². The Hall–Kier alpha value is -1.74. The molecule has 0 heterocycles. The molecule has 0 saturated heterocycles. The van der Waals surface area contributed by atoms with Crippen LogP contribution in [0.5, 0.6) is 0 Å². The molecule has 4 atom stereocenters. The van der Waals surface area contributed by atoms with Crippen molar-refractivity contribution in [2.75, 3.05) is 14.2 Å². The number of ether oxygens (including phenoxy) is 2. The first kappa shape index (κ1) is 26.9. The van der Waals surface area contributed by atoms with Gasteiger partial charge in [0.15, 0.2) is 0 Å². The lowest BCUT2D eigenvalue weighted by atomic mass is 9.93. The molecule has 34 heavy (non-hydrogen) atoms. The number of halogens is 2. The third-order valence-corrected chi connectivity index (χ3v) is 8.02. The molecule has 8 heteroatoms. The molecule has 0 radical (unpaired) electrons. The minimum Gasteiger partial charge on any atom is -0.468 e. The maximum atomic E-state index is 11.6. The van der Waals surface area contributed by atoms with Gasteiger partial charge in [0.2, 0.25) is 0 Å². The Labute approximate surface area is 218 Å². The fourth-order valence-electron chi connectivity index (χ4n) is 4.97. The van der Waals surface area contributed by atoms with Gasteiger partial charge in [-0.1, -0.05) is 56.1 Å². The van der Waals surface area contributed by atoms with E-state index in [2.05, 4.69) is 56.1 Å². The number of hydrogen-bond acceptors (Lipinski definition) is 6. The first-order chi connectivity index (χ1) is 16.1. The molecule has 2 saturated carbocycles. The molecule has 4 rings (SSSR count). The van der Waals surface area contributed by atoms with Gasteiger partial charge in [-0.05, 0) is 85.8 Å². The lowest BCUT2D eigenvalue weighted by Gasteiger charge is -2.20. The molecular formula is C26H32Br2N2O4. The summed E-state index contributed by atoms with van der Waals surface area (Å²) in [6.45, 7) is 0. The van der Waals surface area contributed by atoms with Crippen LogP contribution < -0.4 is 11.5 Å². The molecule has 2 fully saturated rings. The molecule has 0 bridgehead atoms. The predicted octanol–water partition coefficient (Wildman–Crippen LogP) is 5.17. The highest BCUT2D eigenvalue weighted by Gasteiger charge is 2.44. The summed E-state index contributed by atoms with van der Waals surface area (Å²) in [5.41, 5.74) is 13.1. The topological polar surface area (TPSA) is 105 Å². The second-order valence-electron chi connectivity index (χ2n) is 9.28. The van der Waals surface area contributed by atoms with Crippen LogP contribution in [0.3, 0.4) is 0 Å². The number of methoxy groups -OCH3 is 2. The van der Waals surface area contributed by atoms with Crippen LogP contribution in [0, 0.1) is 0 Å². The van der Waals surface area contributed by atoms with Crippen molar-refractivity contribution < 1.29 is 19.1 Å². The summed E-state index contributed by atoms with van der Waals surface area (Å²) >= 11 is 6.82. The second-order valence-corrected chi connectivity index (χ2v) is 11.1. The van der Waals surface area contributed by atoms with Crippen molar-refractivity contribution in [1.82, 2.24) is 0 Å². The van der Waals surface area contributed by atoms with Gasteiger partial charge in [-0.3, -0.25) is 9.59 Å². The normalized spacial score (nSPS) is 28.1. The molecule has 2 aromatic carbocycles. The first-order valence-electron chi connectivity index (χ1n) is 11.4. The third kappa shape index (κ3) is 6.27. The van der Waals surface area contributed by atoms with Crippen molar-refractivity contribution >= 4 is 43.8 Å². The van der Waals surface area contributed by atoms with Crippen LogP contribution in [0.15, 0.2) is 57.5 Å². The fraction of sp³-hybridized carbons (Fsp3) is 0.462. The molecule has 2 aliphatic carbocycles. The molecule has 0 amide bonds. The molecule has 6 nitrogen and oxygen atoms in total. The summed E-state index contributed by atoms with van der Waals surface area (Å²) in [5.74, 6) is 0.119. The highest BCUT2D eigenvalue weighted by molar-refractivity contribution is 9.10. The number of carbonyl (C=O) groups is 2. The maximum Gasteiger partial charge on any atom is 0.325 e. The van der Waals surface area contributed by atoms with Crippen molar-refractivity contribution in [2.24, 2.45) is 11.5 Å². The van der Waals surface area contributed by atoms with Gasteiger partial charge >= 0.3 is 11.9 Å². The van der Waals surface area contributed by atoms with Crippen molar-refractivity contribution in [2.45, 2.75) is 61.4 Å². The van der Waals surface area contributed by atoms with Gasteiger partial charge in [0, 0.05) is 8.95 Å². The van der Waals surface area contributed by atoms with Crippen LogP contribution in [0.1, 0.15) is 61.5 Å². The molecule has 2 aromatic rings. The minimum atomic E-state index is -0.799. The zero-order valence-corrected chi connectivity index (χ0v) is 22.7. The number of benzene rings is 2. The van der Waals surface area contributed by atoms with Gasteiger partial charge in [0.1, 0.15) is 11.1 Å². The van der Waals surface area contributed by atoms with E-state index in [0.717, 1.165) is 21.8 Å². The van der Waals surface area contributed by atoms with Crippen molar-refractivity contribution in [3.8, 4) is 0 Å². The SMILES string of the molecule is COC(=O)[C@@]1(N)CC[C@@H](c2ccc(Br)cc2)C1.COC(=O)[C@]1(N)CC[C@@H](c2ccc(Br)cc2)C1. The second kappa shape index (κ2) is 11.3. The van der Waals surface area contributed by atoms with E-state index in [9.17, 15) is 9.59 Å². The average molecular weight is 596 g/mol. The number of carbonyl (C=O) groups excluding carboxylic acids is 2.